The lowest BCUT2D eigenvalue weighted by molar-refractivity contribution is -0.156. The van der Waals surface area contributed by atoms with Gasteiger partial charge < -0.3 is 20.5 Å². The van der Waals surface area contributed by atoms with Gasteiger partial charge in [0.2, 0.25) is 23.9 Å². The van der Waals surface area contributed by atoms with Crippen molar-refractivity contribution in [2.75, 3.05) is 6.54 Å². The van der Waals surface area contributed by atoms with Gasteiger partial charge in [0.1, 0.15) is 13.2 Å². The molecule has 1 heterocycles. The van der Waals surface area contributed by atoms with E-state index in [0.717, 1.165) is 5.56 Å². The van der Waals surface area contributed by atoms with Crippen LogP contribution in [0.3, 0.4) is 0 Å². The molecule has 1 aromatic carbocycles. The van der Waals surface area contributed by atoms with Gasteiger partial charge in [0, 0.05) is 12.8 Å². The maximum atomic E-state index is 11.8. The Kier molecular flexibility index (Phi) is 6.25. The average molecular weight is 363 g/mol. The van der Waals surface area contributed by atoms with Crippen molar-refractivity contribution in [3.05, 3.63) is 35.9 Å². The first-order valence-corrected chi connectivity index (χ1v) is 7.70. The zero-order valence-electron chi connectivity index (χ0n) is 13.6. The van der Waals surface area contributed by atoms with Gasteiger partial charge in [0.15, 0.2) is 0 Å². The van der Waals surface area contributed by atoms with Crippen LogP contribution in [0.25, 0.3) is 0 Å². The summed E-state index contributed by atoms with van der Waals surface area (Å²) in [6, 6.07) is 8.86. The van der Waals surface area contributed by atoms with Gasteiger partial charge in [-0.15, -0.1) is 0 Å². The van der Waals surface area contributed by atoms with Gasteiger partial charge in [-0.05, 0) is 5.56 Å². The topological polar surface area (TPSA) is 142 Å². The summed E-state index contributed by atoms with van der Waals surface area (Å²) in [6.07, 6.45) is -2.90. The largest absolute Gasteiger partial charge is 0.478 e. The summed E-state index contributed by atoms with van der Waals surface area (Å²) in [6.45, 7) is -0.573. The van der Waals surface area contributed by atoms with E-state index < -0.39 is 42.5 Å². The van der Waals surface area contributed by atoms with Crippen LogP contribution in [-0.2, 0) is 30.5 Å². The Hall–Kier alpha value is -3.43. The maximum Gasteiger partial charge on any atom is 0.407 e. The number of nitrogens with one attached hydrogen (secondary N) is 2. The van der Waals surface area contributed by atoms with Crippen LogP contribution in [0.2, 0.25) is 0 Å². The van der Waals surface area contributed by atoms with Gasteiger partial charge in [-0.3, -0.25) is 19.3 Å². The average Bonchev–Trinajstić information content (AvgIpc) is 2.95. The van der Waals surface area contributed by atoms with E-state index in [4.69, 9.17) is 9.84 Å². The Morgan fingerprint density at radius 3 is 2.31 bits per heavy atom. The van der Waals surface area contributed by atoms with E-state index in [0.29, 0.717) is 4.90 Å². The summed E-state index contributed by atoms with van der Waals surface area (Å²) < 4.78 is 4.90. The molecule has 0 spiro atoms. The molecule has 3 N–H and O–H groups in total. The molecule has 1 unspecified atom stereocenters. The number of carboxylic acid groups (broad SMARTS) is 1. The Morgan fingerprint density at radius 1 is 1.12 bits per heavy atom. The zero-order chi connectivity index (χ0) is 19.1. The van der Waals surface area contributed by atoms with E-state index in [1.165, 1.54) is 0 Å². The summed E-state index contributed by atoms with van der Waals surface area (Å²) in [5.41, 5.74) is 0.754. The summed E-state index contributed by atoms with van der Waals surface area (Å²) in [7, 11) is 0. The number of rotatable bonds is 7. The number of carboxylic acids is 1. The van der Waals surface area contributed by atoms with Crippen molar-refractivity contribution in [2.45, 2.75) is 25.6 Å². The lowest BCUT2D eigenvalue weighted by Gasteiger charge is -2.23. The molecular formula is C16H17N3O7. The normalized spacial score (nSPS) is 14.7. The first kappa shape index (κ1) is 18.9. The summed E-state index contributed by atoms with van der Waals surface area (Å²) in [4.78, 5) is 58.3. The smallest absolute Gasteiger partial charge is 0.407 e. The first-order valence-electron chi connectivity index (χ1n) is 7.70. The Labute approximate surface area is 148 Å². The molecule has 1 atom stereocenters. The van der Waals surface area contributed by atoms with Crippen LogP contribution in [0.4, 0.5) is 4.79 Å². The molecule has 10 heteroatoms. The molecule has 1 aliphatic rings. The summed E-state index contributed by atoms with van der Waals surface area (Å²) >= 11 is 0. The minimum Gasteiger partial charge on any atom is -0.478 e. The van der Waals surface area contributed by atoms with Crippen molar-refractivity contribution in [3.63, 3.8) is 0 Å². The predicted molar refractivity (Wildman–Crippen MR) is 85.3 cm³/mol. The van der Waals surface area contributed by atoms with E-state index in [-0.39, 0.29) is 19.4 Å². The van der Waals surface area contributed by atoms with Crippen molar-refractivity contribution in [1.82, 2.24) is 15.5 Å². The molecule has 0 saturated carbocycles. The Balaban J connectivity index is 1.80. The molecule has 1 fully saturated rings. The van der Waals surface area contributed by atoms with Gasteiger partial charge in [-0.1, -0.05) is 30.3 Å². The van der Waals surface area contributed by atoms with Crippen molar-refractivity contribution >= 4 is 29.8 Å². The van der Waals surface area contributed by atoms with Crippen LogP contribution in [0.5, 0.6) is 0 Å². The fourth-order valence-electron chi connectivity index (χ4n) is 2.25. The van der Waals surface area contributed by atoms with E-state index in [9.17, 15) is 24.0 Å². The van der Waals surface area contributed by atoms with E-state index >= 15 is 0 Å². The molecule has 26 heavy (non-hydrogen) atoms. The fourth-order valence-corrected chi connectivity index (χ4v) is 2.25. The fraction of sp³-hybridized carbons (Fsp3) is 0.312. The molecule has 1 aliphatic heterocycles. The molecule has 0 aliphatic carbocycles. The van der Waals surface area contributed by atoms with Crippen molar-refractivity contribution in [3.8, 4) is 0 Å². The van der Waals surface area contributed by atoms with E-state index in [1.54, 1.807) is 24.3 Å². The second-order valence-corrected chi connectivity index (χ2v) is 5.38. The molecule has 1 aromatic rings. The van der Waals surface area contributed by atoms with Crippen LogP contribution in [-0.4, -0.2) is 52.5 Å². The van der Waals surface area contributed by atoms with Crippen LogP contribution in [0, 0.1) is 0 Å². The van der Waals surface area contributed by atoms with Gasteiger partial charge in [-0.2, -0.15) is 0 Å². The second kappa shape index (κ2) is 8.60. The number of hydrogen-bond acceptors (Lipinski definition) is 6. The van der Waals surface area contributed by atoms with E-state index in [1.807, 2.05) is 11.4 Å². The number of imide groups is 1. The first-order chi connectivity index (χ1) is 12.4. The number of amides is 4. The van der Waals surface area contributed by atoms with Gasteiger partial charge >= 0.3 is 12.1 Å². The number of carbonyl (C=O) groups excluding carboxylic acids is 4. The Bertz CT molecular complexity index is 704. The summed E-state index contributed by atoms with van der Waals surface area (Å²) in [5, 5.41) is 13.3. The van der Waals surface area contributed by atoms with Gasteiger partial charge in [-0.25, -0.2) is 9.59 Å². The summed E-state index contributed by atoms with van der Waals surface area (Å²) in [5.74, 6) is -3.81. The van der Waals surface area contributed by atoms with Crippen LogP contribution in [0.1, 0.15) is 18.4 Å². The number of aliphatic carboxylic acids is 1. The quantitative estimate of drug-likeness (QED) is 0.559. The highest BCUT2D eigenvalue weighted by atomic mass is 16.5. The molecule has 0 bridgehead atoms. The lowest BCUT2D eigenvalue weighted by Crippen LogP contribution is -2.56. The van der Waals surface area contributed by atoms with Crippen molar-refractivity contribution in [1.29, 1.82) is 0 Å². The third kappa shape index (κ3) is 5.03. The molecule has 138 valence electrons. The predicted octanol–water partition coefficient (Wildman–Crippen LogP) is -0.411. The highest BCUT2D eigenvalue weighted by Crippen LogP contribution is 2.14. The minimum atomic E-state index is -1.81. The van der Waals surface area contributed by atoms with E-state index in [2.05, 4.69) is 5.32 Å². The number of alkyl carbamates (subject to hydrolysis) is 1. The van der Waals surface area contributed by atoms with Gasteiger partial charge in [0.25, 0.3) is 0 Å². The van der Waals surface area contributed by atoms with Crippen molar-refractivity contribution in [2.24, 2.45) is 0 Å². The second-order valence-electron chi connectivity index (χ2n) is 5.38. The maximum absolute atomic E-state index is 11.8. The number of hydrogen-bond donors (Lipinski definition) is 3. The third-order valence-corrected chi connectivity index (χ3v) is 3.49. The zero-order valence-corrected chi connectivity index (χ0v) is 13.6. The number of nitrogens with zero attached hydrogens (tertiary/aromatic N) is 1. The minimum absolute atomic E-state index is 0.00280. The highest BCUT2D eigenvalue weighted by molar-refractivity contribution is 6.05. The molecule has 1 saturated heterocycles. The Morgan fingerprint density at radius 2 is 1.73 bits per heavy atom. The SMILES string of the molecule is O=C(CNC(=O)OCc1ccccc1)NC(C(=O)O)N1C(=O)CCC1=O. The van der Waals surface area contributed by atoms with Crippen LogP contribution >= 0.6 is 0 Å². The number of likely N-dealkylation sites (tertiary alicyclic amines) is 1. The lowest BCUT2D eigenvalue weighted by atomic mass is 10.2. The van der Waals surface area contributed by atoms with Gasteiger partial charge in [0.05, 0.1) is 0 Å². The third-order valence-electron chi connectivity index (χ3n) is 3.49. The molecule has 0 radical (unpaired) electrons. The number of benzene rings is 1. The molecular weight excluding hydrogens is 346 g/mol. The van der Waals surface area contributed by atoms with Crippen LogP contribution in [0.15, 0.2) is 30.3 Å². The highest BCUT2D eigenvalue weighted by Gasteiger charge is 2.39. The number of carbonyl (C=O) groups is 5. The molecule has 2 rings (SSSR count). The molecule has 0 aromatic heterocycles. The standard InChI is InChI=1S/C16H17N3O7/c20-11(8-17-16(25)26-9-10-4-2-1-3-5-10)18-14(15(23)24)19-12(21)6-7-13(19)22/h1-5,14H,6-9H2,(H,17,25)(H,18,20)(H,23,24). The molecule has 4 amide bonds. The van der Waals surface area contributed by atoms with Crippen LogP contribution < -0.4 is 10.6 Å². The number of ether oxygens (including phenoxy) is 1. The molecule has 10 nitrogen and oxygen atoms in total. The van der Waals surface area contributed by atoms with Crippen molar-refractivity contribution < 1.29 is 33.8 Å². The monoisotopic (exact) mass is 363 g/mol.